The smallest absolute Gasteiger partial charge is 0.251 e. The van der Waals surface area contributed by atoms with Crippen LogP contribution in [0.2, 0.25) is 0 Å². The van der Waals surface area contributed by atoms with Crippen molar-refractivity contribution in [3.63, 3.8) is 0 Å². The maximum absolute atomic E-state index is 12.0. The Morgan fingerprint density at radius 1 is 1.26 bits per heavy atom. The molecule has 0 aliphatic rings. The molecule has 1 aromatic carbocycles. The number of pyridine rings is 1. The number of H-pyrrole nitrogens is 1. The number of aromatic nitrogens is 3. The van der Waals surface area contributed by atoms with Crippen LogP contribution in [0, 0.1) is 0 Å². The van der Waals surface area contributed by atoms with Gasteiger partial charge >= 0.3 is 0 Å². The predicted octanol–water partition coefficient (Wildman–Crippen LogP) is 1.89. The van der Waals surface area contributed by atoms with Crippen LogP contribution in [-0.4, -0.2) is 21.1 Å². The summed E-state index contributed by atoms with van der Waals surface area (Å²) < 4.78 is 0. The first kappa shape index (κ1) is 11.4. The zero-order valence-electron chi connectivity index (χ0n) is 10.1. The summed E-state index contributed by atoms with van der Waals surface area (Å²) in [5, 5.41) is 10.6. The first-order valence-corrected chi connectivity index (χ1v) is 5.94. The van der Waals surface area contributed by atoms with Crippen LogP contribution < -0.4 is 5.32 Å². The number of hydrogen-bond donors (Lipinski definition) is 2. The van der Waals surface area contributed by atoms with E-state index in [0.717, 1.165) is 16.6 Å². The minimum absolute atomic E-state index is 0.123. The lowest BCUT2D eigenvalue weighted by atomic mass is 10.1. The van der Waals surface area contributed by atoms with Crippen LogP contribution in [-0.2, 0) is 6.54 Å². The summed E-state index contributed by atoms with van der Waals surface area (Å²) in [5.41, 5.74) is 2.29. The summed E-state index contributed by atoms with van der Waals surface area (Å²) >= 11 is 0. The monoisotopic (exact) mass is 252 g/mol. The van der Waals surface area contributed by atoms with Gasteiger partial charge in [-0.05, 0) is 24.3 Å². The maximum atomic E-state index is 12.0. The fourth-order valence-electron chi connectivity index (χ4n) is 1.85. The van der Waals surface area contributed by atoms with Gasteiger partial charge in [-0.2, -0.15) is 5.10 Å². The average Bonchev–Trinajstić information content (AvgIpc) is 2.93. The molecule has 3 aromatic rings. The Hall–Kier alpha value is -2.69. The Morgan fingerprint density at radius 2 is 2.21 bits per heavy atom. The molecule has 0 saturated carbocycles. The number of aromatic amines is 1. The van der Waals surface area contributed by atoms with Gasteiger partial charge in [-0.25, -0.2) is 0 Å². The van der Waals surface area contributed by atoms with Crippen LogP contribution >= 0.6 is 0 Å². The summed E-state index contributed by atoms with van der Waals surface area (Å²) in [6.07, 6.45) is 3.43. The predicted molar refractivity (Wildman–Crippen MR) is 71.5 cm³/mol. The number of nitrogens with one attached hydrogen (secondary N) is 2. The van der Waals surface area contributed by atoms with Gasteiger partial charge in [-0.1, -0.05) is 12.1 Å². The molecule has 0 radical (unpaired) electrons. The van der Waals surface area contributed by atoms with Crippen molar-refractivity contribution < 1.29 is 4.79 Å². The molecule has 0 spiro atoms. The zero-order valence-corrected chi connectivity index (χ0v) is 10.1. The van der Waals surface area contributed by atoms with Gasteiger partial charge in [0.05, 0.1) is 24.0 Å². The van der Waals surface area contributed by atoms with Crippen molar-refractivity contribution >= 4 is 16.8 Å². The minimum Gasteiger partial charge on any atom is -0.346 e. The van der Waals surface area contributed by atoms with Crippen LogP contribution in [0.15, 0.2) is 48.8 Å². The molecule has 5 heteroatoms. The highest BCUT2D eigenvalue weighted by Gasteiger charge is 2.07. The number of rotatable bonds is 3. The third-order valence-electron chi connectivity index (χ3n) is 2.86. The molecule has 94 valence electrons. The van der Waals surface area contributed by atoms with Crippen molar-refractivity contribution in [1.82, 2.24) is 20.5 Å². The van der Waals surface area contributed by atoms with Crippen molar-refractivity contribution in [2.75, 3.05) is 0 Å². The van der Waals surface area contributed by atoms with Crippen LogP contribution in [0.25, 0.3) is 10.9 Å². The highest BCUT2D eigenvalue weighted by molar-refractivity contribution is 5.97. The molecule has 0 aliphatic heterocycles. The van der Waals surface area contributed by atoms with Gasteiger partial charge in [0.2, 0.25) is 0 Å². The van der Waals surface area contributed by atoms with Crippen molar-refractivity contribution in [3.05, 3.63) is 60.0 Å². The normalized spacial score (nSPS) is 10.5. The lowest BCUT2D eigenvalue weighted by Gasteiger charge is -2.04. The average molecular weight is 252 g/mol. The van der Waals surface area contributed by atoms with E-state index < -0.39 is 0 Å². The van der Waals surface area contributed by atoms with Crippen molar-refractivity contribution in [2.24, 2.45) is 0 Å². The Morgan fingerprint density at radius 3 is 3.05 bits per heavy atom. The van der Waals surface area contributed by atoms with Gasteiger partial charge in [0.15, 0.2) is 0 Å². The molecule has 0 bridgehead atoms. The highest BCUT2D eigenvalue weighted by Crippen LogP contribution is 2.12. The van der Waals surface area contributed by atoms with Crippen molar-refractivity contribution in [2.45, 2.75) is 6.54 Å². The van der Waals surface area contributed by atoms with Crippen LogP contribution in [0.5, 0.6) is 0 Å². The maximum Gasteiger partial charge on any atom is 0.251 e. The number of hydrogen-bond acceptors (Lipinski definition) is 3. The van der Waals surface area contributed by atoms with Crippen LogP contribution in [0.4, 0.5) is 0 Å². The molecule has 2 N–H and O–H groups in total. The molecule has 5 nitrogen and oxygen atoms in total. The third kappa shape index (κ3) is 2.44. The van der Waals surface area contributed by atoms with Gasteiger partial charge in [-0.15, -0.1) is 0 Å². The zero-order chi connectivity index (χ0) is 13.1. The third-order valence-corrected chi connectivity index (χ3v) is 2.86. The van der Waals surface area contributed by atoms with Gasteiger partial charge in [0.1, 0.15) is 0 Å². The fourth-order valence-corrected chi connectivity index (χ4v) is 1.85. The number of amides is 1. The summed E-state index contributed by atoms with van der Waals surface area (Å²) in [6.45, 7) is 0.417. The van der Waals surface area contributed by atoms with Gasteiger partial charge in [-0.3, -0.25) is 14.9 Å². The van der Waals surface area contributed by atoms with Crippen molar-refractivity contribution in [1.29, 1.82) is 0 Å². The molecule has 0 fully saturated rings. The molecule has 2 heterocycles. The number of benzene rings is 1. The van der Waals surface area contributed by atoms with E-state index in [4.69, 9.17) is 0 Å². The van der Waals surface area contributed by atoms with E-state index in [0.29, 0.717) is 12.1 Å². The standard InChI is InChI=1S/C14H12N4O/c19-14(16-9-12-3-1-2-6-15-12)10-4-5-11-8-17-18-13(11)7-10/h1-8H,9H2,(H,16,19)(H,17,18). The molecule has 0 aliphatic carbocycles. The summed E-state index contributed by atoms with van der Waals surface area (Å²) in [5.74, 6) is -0.123. The molecule has 3 rings (SSSR count). The van der Waals surface area contributed by atoms with E-state index in [2.05, 4.69) is 20.5 Å². The van der Waals surface area contributed by atoms with E-state index >= 15 is 0 Å². The lowest BCUT2D eigenvalue weighted by molar-refractivity contribution is 0.0950. The second kappa shape index (κ2) is 4.89. The Kier molecular flexibility index (Phi) is 2.94. The first-order valence-electron chi connectivity index (χ1n) is 5.94. The lowest BCUT2D eigenvalue weighted by Crippen LogP contribution is -2.23. The number of fused-ring (bicyclic) bond motifs is 1. The molecule has 0 saturated heterocycles. The van der Waals surface area contributed by atoms with E-state index in [-0.39, 0.29) is 5.91 Å². The molecule has 0 atom stereocenters. The van der Waals surface area contributed by atoms with Gasteiger partial charge in [0.25, 0.3) is 5.91 Å². The van der Waals surface area contributed by atoms with Gasteiger partial charge in [0, 0.05) is 17.1 Å². The number of carbonyl (C=O) groups is 1. The first-order chi connectivity index (χ1) is 9.33. The quantitative estimate of drug-likeness (QED) is 0.747. The summed E-state index contributed by atoms with van der Waals surface area (Å²) in [7, 11) is 0. The largest absolute Gasteiger partial charge is 0.346 e. The Balaban J connectivity index is 1.73. The topological polar surface area (TPSA) is 70.7 Å². The van der Waals surface area contributed by atoms with Crippen molar-refractivity contribution in [3.8, 4) is 0 Å². The van der Waals surface area contributed by atoms with Crippen LogP contribution in [0.1, 0.15) is 16.1 Å². The van der Waals surface area contributed by atoms with Gasteiger partial charge < -0.3 is 5.32 Å². The number of nitrogens with zero attached hydrogens (tertiary/aromatic N) is 2. The molecule has 0 unspecified atom stereocenters. The van der Waals surface area contributed by atoms with Crippen LogP contribution in [0.3, 0.4) is 0 Å². The Bertz CT molecular complexity index is 706. The van der Waals surface area contributed by atoms with E-state index in [1.165, 1.54) is 0 Å². The van der Waals surface area contributed by atoms with E-state index in [1.54, 1.807) is 24.5 Å². The number of carbonyl (C=O) groups excluding carboxylic acids is 1. The Labute approximate surface area is 109 Å². The summed E-state index contributed by atoms with van der Waals surface area (Å²) in [4.78, 5) is 16.2. The minimum atomic E-state index is -0.123. The molecule has 19 heavy (non-hydrogen) atoms. The van der Waals surface area contributed by atoms with E-state index in [1.807, 2.05) is 24.3 Å². The summed E-state index contributed by atoms with van der Waals surface area (Å²) in [6, 6.07) is 11.1. The molecule has 1 amide bonds. The second-order valence-electron chi connectivity index (χ2n) is 4.18. The van der Waals surface area contributed by atoms with E-state index in [9.17, 15) is 4.79 Å². The second-order valence-corrected chi connectivity index (χ2v) is 4.18. The molecular weight excluding hydrogens is 240 g/mol. The molecule has 2 aromatic heterocycles. The fraction of sp³-hybridized carbons (Fsp3) is 0.0714. The highest BCUT2D eigenvalue weighted by atomic mass is 16.1. The SMILES string of the molecule is O=C(NCc1ccccn1)c1ccc2cn[nH]c2c1. The molecular formula is C14H12N4O.